The number of nitrogens with zero attached hydrogens (tertiary/aromatic N) is 1. The zero-order valence-corrected chi connectivity index (χ0v) is 15.3. The fourth-order valence-corrected chi connectivity index (χ4v) is 4.96. The normalized spacial score (nSPS) is 26.0. The molecule has 2 unspecified atom stereocenters. The molecule has 124 valence electrons. The van der Waals surface area contributed by atoms with Gasteiger partial charge in [-0.25, -0.2) is 0 Å². The summed E-state index contributed by atoms with van der Waals surface area (Å²) in [7, 11) is 0. The number of hydrogen-bond donors (Lipinski definition) is 1. The maximum absolute atomic E-state index is 10.1. The van der Waals surface area contributed by atoms with Crippen LogP contribution in [-0.2, 0) is 11.8 Å². The molecule has 2 nitrogen and oxygen atoms in total. The summed E-state index contributed by atoms with van der Waals surface area (Å²) in [6.07, 6.45) is 3.22. The van der Waals surface area contributed by atoms with Gasteiger partial charge in [0.1, 0.15) is 5.75 Å². The molecule has 0 aromatic heterocycles. The molecule has 1 aliphatic heterocycles. The van der Waals surface area contributed by atoms with E-state index in [4.69, 9.17) is 0 Å². The molecule has 0 amide bonds. The first-order chi connectivity index (χ1) is 11.6. The summed E-state index contributed by atoms with van der Waals surface area (Å²) in [5.74, 6) is 0.374. The number of rotatable bonds is 3. The molecule has 2 bridgehead atoms. The summed E-state index contributed by atoms with van der Waals surface area (Å²) in [4.78, 5) is 2.55. The number of likely N-dealkylation sites (tertiary alicyclic amines) is 1. The summed E-state index contributed by atoms with van der Waals surface area (Å²) >= 11 is 3.53. The highest BCUT2D eigenvalue weighted by molar-refractivity contribution is 9.11. The van der Waals surface area contributed by atoms with E-state index in [0.717, 1.165) is 36.8 Å². The smallest absolute Gasteiger partial charge is 0.115 e. The number of benzene rings is 2. The van der Waals surface area contributed by atoms with Gasteiger partial charge in [0, 0.05) is 22.5 Å². The van der Waals surface area contributed by atoms with E-state index in [1.807, 2.05) is 12.1 Å². The van der Waals surface area contributed by atoms with Crippen molar-refractivity contribution in [2.75, 3.05) is 13.1 Å². The molecule has 1 saturated heterocycles. The molecular weight excluding hydrogens is 362 g/mol. The van der Waals surface area contributed by atoms with Gasteiger partial charge in [-0.1, -0.05) is 58.9 Å². The fraction of sp³-hybridized carbons (Fsp3) is 0.333. The van der Waals surface area contributed by atoms with Crippen LogP contribution >= 0.6 is 15.9 Å². The highest BCUT2D eigenvalue weighted by atomic mass is 79.9. The number of aromatic hydroxyl groups is 1. The van der Waals surface area contributed by atoms with Gasteiger partial charge < -0.3 is 5.11 Å². The van der Waals surface area contributed by atoms with E-state index in [1.165, 1.54) is 16.7 Å². The lowest BCUT2D eigenvalue weighted by Gasteiger charge is -2.51. The van der Waals surface area contributed by atoms with Gasteiger partial charge in [-0.2, -0.15) is 0 Å². The monoisotopic (exact) mass is 383 g/mol. The quantitative estimate of drug-likeness (QED) is 0.836. The first-order valence-corrected chi connectivity index (χ1v) is 9.33. The van der Waals surface area contributed by atoms with Crippen molar-refractivity contribution in [1.82, 2.24) is 4.90 Å². The molecule has 4 rings (SSSR count). The first-order valence-electron chi connectivity index (χ1n) is 8.54. The van der Waals surface area contributed by atoms with E-state index in [1.54, 1.807) is 0 Å². The third-order valence-electron chi connectivity index (χ3n) is 5.69. The predicted molar refractivity (Wildman–Crippen MR) is 102 cm³/mol. The zero-order chi connectivity index (χ0) is 16.7. The van der Waals surface area contributed by atoms with Crippen LogP contribution in [0.4, 0.5) is 0 Å². The summed E-state index contributed by atoms with van der Waals surface area (Å²) in [5.41, 5.74) is 4.08. The van der Waals surface area contributed by atoms with Crippen LogP contribution < -0.4 is 0 Å². The Morgan fingerprint density at radius 2 is 2.04 bits per heavy atom. The molecule has 2 aromatic rings. The van der Waals surface area contributed by atoms with Crippen molar-refractivity contribution in [3.8, 4) is 5.75 Å². The van der Waals surface area contributed by atoms with Gasteiger partial charge in [0.15, 0.2) is 0 Å². The Hall–Kier alpha value is -1.58. The van der Waals surface area contributed by atoms with E-state index >= 15 is 0 Å². The Kier molecular flexibility index (Phi) is 4.01. The van der Waals surface area contributed by atoms with Crippen molar-refractivity contribution in [3.63, 3.8) is 0 Å². The maximum Gasteiger partial charge on any atom is 0.115 e. The molecule has 2 aliphatic rings. The van der Waals surface area contributed by atoms with Gasteiger partial charge in [-0.3, -0.25) is 4.90 Å². The minimum atomic E-state index is 0.0163. The van der Waals surface area contributed by atoms with Crippen LogP contribution in [0.2, 0.25) is 0 Å². The van der Waals surface area contributed by atoms with Gasteiger partial charge in [-0.15, -0.1) is 0 Å². The molecule has 2 atom stereocenters. The van der Waals surface area contributed by atoms with Crippen LogP contribution in [0.1, 0.15) is 29.5 Å². The molecular formula is C21H22BrNO. The number of halogens is 1. The van der Waals surface area contributed by atoms with E-state index in [9.17, 15) is 5.11 Å². The Morgan fingerprint density at radius 3 is 2.79 bits per heavy atom. The van der Waals surface area contributed by atoms with Gasteiger partial charge in [0.25, 0.3) is 0 Å². The number of phenols is 1. The summed E-state index contributed by atoms with van der Waals surface area (Å²) in [6, 6.07) is 17.3. The van der Waals surface area contributed by atoms with E-state index in [0.29, 0.717) is 11.8 Å². The summed E-state index contributed by atoms with van der Waals surface area (Å²) < 4.78 is 1.05. The lowest BCUT2D eigenvalue weighted by Crippen LogP contribution is -2.53. The summed E-state index contributed by atoms with van der Waals surface area (Å²) in [6.45, 7) is 5.99. The second-order valence-electron chi connectivity index (χ2n) is 7.09. The Balaban J connectivity index is 1.83. The lowest BCUT2D eigenvalue weighted by atomic mass is 9.60. The van der Waals surface area contributed by atoms with Crippen LogP contribution in [0.15, 0.2) is 59.6 Å². The number of piperidine rings is 1. The van der Waals surface area contributed by atoms with Crippen molar-refractivity contribution in [2.24, 2.45) is 0 Å². The molecule has 24 heavy (non-hydrogen) atoms. The van der Waals surface area contributed by atoms with Crippen LogP contribution in [0.5, 0.6) is 5.75 Å². The molecule has 1 heterocycles. The van der Waals surface area contributed by atoms with Crippen LogP contribution in [-0.4, -0.2) is 29.1 Å². The molecule has 3 heteroatoms. The summed E-state index contributed by atoms with van der Waals surface area (Å²) in [5, 5.41) is 10.1. The molecule has 1 N–H and O–H groups in total. The van der Waals surface area contributed by atoms with Crippen molar-refractivity contribution < 1.29 is 5.11 Å². The van der Waals surface area contributed by atoms with Crippen molar-refractivity contribution in [2.45, 2.75) is 30.7 Å². The minimum absolute atomic E-state index is 0.0163. The zero-order valence-electron chi connectivity index (χ0n) is 13.7. The Labute approximate surface area is 151 Å². The van der Waals surface area contributed by atoms with Gasteiger partial charge in [0.2, 0.25) is 0 Å². The molecule has 2 aromatic carbocycles. The predicted octanol–water partition coefficient (Wildman–Crippen LogP) is 4.61. The molecule has 0 radical (unpaired) electrons. The standard InChI is InChI=1S/C21H22BrNO/c1-15(22)14-23-10-9-21(17-5-3-2-4-6-17)13-18(23)11-16-7-8-19(24)12-20(16)21/h2-8,12,18,24H,1,9-11,13-14H2. The molecule has 1 fully saturated rings. The first kappa shape index (κ1) is 15.9. The van der Waals surface area contributed by atoms with Crippen molar-refractivity contribution >= 4 is 15.9 Å². The molecule has 0 spiro atoms. The van der Waals surface area contributed by atoms with Crippen LogP contribution in [0.25, 0.3) is 0 Å². The minimum Gasteiger partial charge on any atom is -0.508 e. The van der Waals surface area contributed by atoms with Gasteiger partial charge in [-0.05, 0) is 54.6 Å². The van der Waals surface area contributed by atoms with Crippen LogP contribution in [0.3, 0.4) is 0 Å². The number of phenolic OH excluding ortho intramolecular Hbond substituents is 1. The fourth-order valence-electron chi connectivity index (χ4n) is 4.64. The second kappa shape index (κ2) is 6.05. The second-order valence-corrected chi connectivity index (χ2v) is 8.21. The molecule has 1 aliphatic carbocycles. The third kappa shape index (κ3) is 2.60. The average Bonchev–Trinajstić information content (AvgIpc) is 2.58. The number of fused-ring (bicyclic) bond motifs is 4. The highest BCUT2D eigenvalue weighted by Crippen LogP contribution is 2.50. The van der Waals surface area contributed by atoms with E-state index in [2.05, 4.69) is 63.8 Å². The van der Waals surface area contributed by atoms with Gasteiger partial charge >= 0.3 is 0 Å². The lowest BCUT2D eigenvalue weighted by molar-refractivity contribution is 0.107. The van der Waals surface area contributed by atoms with Gasteiger partial charge in [0.05, 0.1) is 0 Å². The van der Waals surface area contributed by atoms with Crippen molar-refractivity contribution in [3.05, 3.63) is 76.3 Å². The highest BCUT2D eigenvalue weighted by Gasteiger charge is 2.46. The van der Waals surface area contributed by atoms with Crippen molar-refractivity contribution in [1.29, 1.82) is 0 Å². The number of hydrogen-bond acceptors (Lipinski definition) is 2. The maximum atomic E-state index is 10.1. The third-order valence-corrected chi connectivity index (χ3v) is 5.94. The Morgan fingerprint density at radius 1 is 1.25 bits per heavy atom. The average molecular weight is 384 g/mol. The van der Waals surface area contributed by atoms with E-state index in [-0.39, 0.29) is 5.41 Å². The molecule has 0 saturated carbocycles. The van der Waals surface area contributed by atoms with E-state index < -0.39 is 0 Å². The largest absolute Gasteiger partial charge is 0.508 e. The SMILES string of the molecule is C=C(Br)CN1CCC2(c3ccccc3)CC1Cc1ccc(O)cc12. The van der Waals surface area contributed by atoms with Crippen LogP contribution in [0, 0.1) is 0 Å². The topological polar surface area (TPSA) is 23.5 Å². The Bertz CT molecular complexity index is 773.